The third-order valence-electron chi connectivity index (χ3n) is 9.04. The van der Waals surface area contributed by atoms with Gasteiger partial charge in [-0.15, -0.1) is 0 Å². The number of hydrogen-bond acceptors (Lipinski definition) is 4. The molecule has 0 aliphatic heterocycles. The van der Waals surface area contributed by atoms with Crippen LogP contribution < -0.4 is 5.32 Å². The van der Waals surface area contributed by atoms with Crippen molar-refractivity contribution in [2.24, 2.45) is 11.8 Å². The molecule has 1 aromatic heterocycles. The van der Waals surface area contributed by atoms with Crippen molar-refractivity contribution in [3.63, 3.8) is 0 Å². The van der Waals surface area contributed by atoms with E-state index >= 15 is 0 Å². The second kappa shape index (κ2) is 11.7. The van der Waals surface area contributed by atoms with Crippen LogP contribution in [0.5, 0.6) is 0 Å². The van der Waals surface area contributed by atoms with Crippen molar-refractivity contribution in [1.29, 1.82) is 0 Å². The summed E-state index contributed by atoms with van der Waals surface area (Å²) < 4.78 is 58.1. The fourth-order valence-corrected chi connectivity index (χ4v) is 6.92. The van der Waals surface area contributed by atoms with Crippen molar-refractivity contribution in [1.82, 2.24) is 9.78 Å². The number of hydrogen-bond donors (Lipinski definition) is 2. The topological polar surface area (TPSA) is 84.2 Å². The summed E-state index contributed by atoms with van der Waals surface area (Å²) in [6.45, 7) is 0. The van der Waals surface area contributed by atoms with Crippen molar-refractivity contribution in [2.45, 2.75) is 63.0 Å². The van der Waals surface area contributed by atoms with Crippen molar-refractivity contribution in [3.05, 3.63) is 87.5 Å². The van der Waals surface area contributed by atoms with E-state index in [0.717, 1.165) is 15.8 Å². The predicted molar refractivity (Wildman–Crippen MR) is 153 cm³/mol. The number of allylic oxidation sites excluding steroid dienone is 2. The standard InChI is InChI=1S/C32H28ClF4N3O3.Co/c33-23-5-3-4-22(31(14-15-31)32(35,36)37)27(23)30(43)40-26-16-20(29(42)38-25-7-2-1-6-24(25)34)12-13-21(26)28(39-40)19-10-8-18(17-41)9-11-19;/h1-7,10,18,20,41H,8-9,11-16H2,(H,38,42);. The number of fused-ring (bicyclic) bond motifs is 1. The number of nitrogens with one attached hydrogen (secondary N) is 1. The molecular formula is C32H28ClCoF4N3O3. The van der Waals surface area contributed by atoms with Gasteiger partial charge in [-0.2, -0.15) is 13.2 Å². The maximum atomic E-state index is 14.3. The van der Waals surface area contributed by atoms with Crippen molar-refractivity contribution >= 4 is 39.3 Å². The number of aliphatic hydroxyl groups is 1. The van der Waals surface area contributed by atoms with Gasteiger partial charge in [-0.25, -0.2) is 4.39 Å². The van der Waals surface area contributed by atoms with Gasteiger partial charge < -0.3 is 0 Å². The van der Waals surface area contributed by atoms with Crippen LogP contribution in [-0.2, 0) is 38.4 Å². The molecule has 1 amide bonds. The molecule has 2 N–H and O–H groups in total. The summed E-state index contributed by atoms with van der Waals surface area (Å²) in [5.41, 5.74) is -0.0252. The fraction of sp³-hybridized carbons (Fsp3) is 0.375. The first-order valence-electron chi connectivity index (χ1n) is 14.4. The first kappa shape index (κ1) is 30.9. The first-order chi connectivity index (χ1) is 20.9. The Morgan fingerprint density at radius 3 is 2.43 bits per heavy atom. The molecule has 0 spiro atoms. The number of carbonyl (C=O) groups excluding carboxylic acids is 2. The summed E-state index contributed by atoms with van der Waals surface area (Å²) in [6, 6.07) is 9.88. The van der Waals surface area contributed by atoms with Crippen LogP contribution in [0.25, 0.3) is 5.57 Å². The molecule has 1 saturated carbocycles. The Labute approximate surface area is 263 Å². The molecule has 3 aliphatic carbocycles. The summed E-state index contributed by atoms with van der Waals surface area (Å²) in [7, 11) is 0. The van der Waals surface area contributed by atoms with Gasteiger partial charge in [0.25, 0.3) is 0 Å². The minimum absolute atomic E-state index is 0.0298. The number of nitrogens with zero attached hydrogens (tertiary/aromatic N) is 2. The van der Waals surface area contributed by atoms with Gasteiger partial charge in [-0.05, 0) is 25.0 Å². The van der Waals surface area contributed by atoms with E-state index in [1.54, 1.807) is 6.07 Å². The Morgan fingerprint density at radius 2 is 1.80 bits per heavy atom. The summed E-state index contributed by atoms with van der Waals surface area (Å²) in [5.74, 6) is -2.60. The van der Waals surface area contributed by atoms with E-state index in [2.05, 4.69) is 25.7 Å². The number of para-hydroxylation sites is 1. The average Bonchev–Trinajstić information content (AvgIpc) is 3.73. The molecule has 2 unspecified atom stereocenters. The van der Waals surface area contributed by atoms with Gasteiger partial charge in [0.15, 0.2) is 0 Å². The number of rotatable bonds is 6. The molecule has 3 aliphatic rings. The quantitative estimate of drug-likeness (QED) is 0.278. The zero-order chi connectivity index (χ0) is 31.4. The van der Waals surface area contributed by atoms with Gasteiger partial charge in [-0.1, -0.05) is 18.2 Å². The Balaban J connectivity index is 1.41. The molecule has 233 valence electrons. The van der Waals surface area contributed by atoms with Crippen molar-refractivity contribution in [2.75, 3.05) is 5.32 Å². The predicted octanol–water partition coefficient (Wildman–Crippen LogP) is 6.93. The molecule has 3 aromatic rings. The number of anilines is 1. The number of benzene rings is 2. The van der Waals surface area contributed by atoms with Crippen LogP contribution >= 0.6 is 11.6 Å². The van der Waals surface area contributed by atoms with Crippen LogP contribution in [0.3, 0.4) is 0 Å². The van der Waals surface area contributed by atoms with Crippen LogP contribution in [0.2, 0.25) is 5.02 Å². The van der Waals surface area contributed by atoms with Gasteiger partial charge in [0.2, 0.25) is 0 Å². The summed E-state index contributed by atoms with van der Waals surface area (Å²) in [5, 5.41) is 17.0. The zero-order valence-electron chi connectivity index (χ0n) is 23.3. The van der Waals surface area contributed by atoms with E-state index in [9.17, 15) is 32.3 Å². The molecule has 6 nitrogen and oxygen atoms in total. The second-order valence-corrected chi connectivity index (χ2v) is 12.6. The van der Waals surface area contributed by atoms with E-state index < -0.39 is 35.1 Å². The number of aliphatic hydroxyl groups excluding tert-OH is 1. The molecule has 2 aromatic carbocycles. The Kier molecular flexibility index (Phi) is 8.19. The molecule has 0 radical (unpaired) electrons. The van der Waals surface area contributed by atoms with Gasteiger partial charge >= 0.3 is 192 Å². The van der Waals surface area contributed by atoms with Gasteiger partial charge in [0.05, 0.1) is 5.69 Å². The van der Waals surface area contributed by atoms with Crippen LogP contribution in [0.1, 0.15) is 71.4 Å². The van der Waals surface area contributed by atoms with E-state index in [-0.39, 0.29) is 51.7 Å². The summed E-state index contributed by atoms with van der Waals surface area (Å²) >= 11 is 10.6. The number of alkyl halides is 3. The number of aromatic nitrogens is 2. The van der Waals surface area contributed by atoms with Crippen LogP contribution in [0.4, 0.5) is 23.2 Å². The third-order valence-corrected chi connectivity index (χ3v) is 9.78. The summed E-state index contributed by atoms with van der Waals surface area (Å²) in [6.07, 6.45) is -0.457. The minimum atomic E-state index is -4.57. The molecule has 6 rings (SSSR count). The molecule has 0 saturated heterocycles. The SMILES string of the molecule is O=C(Nc1ccccc1F)C1CCc2c(C3=CCC([C](O)=[Co])CC3)nn(C(=O)c3c(Cl)cccc3C3(C(F)(F)F)CC3)c2C1. The third kappa shape index (κ3) is 5.48. The van der Waals surface area contributed by atoms with Crippen LogP contribution in [-0.4, -0.2) is 37.5 Å². The molecule has 2 atom stereocenters. The van der Waals surface area contributed by atoms with E-state index in [4.69, 9.17) is 11.6 Å². The Morgan fingerprint density at radius 1 is 1.07 bits per heavy atom. The average molecular weight is 673 g/mol. The van der Waals surface area contributed by atoms with Crippen molar-refractivity contribution < 1.29 is 47.6 Å². The normalized spacial score (nSPS) is 20.8. The molecular weight excluding hydrogens is 645 g/mol. The van der Waals surface area contributed by atoms with Gasteiger partial charge in [-0.3, -0.25) is 0 Å². The van der Waals surface area contributed by atoms with Gasteiger partial charge in [0.1, 0.15) is 5.82 Å². The maximum absolute atomic E-state index is 14.3. The monoisotopic (exact) mass is 672 g/mol. The van der Waals surface area contributed by atoms with Gasteiger partial charge in [0, 0.05) is 0 Å². The van der Waals surface area contributed by atoms with Crippen molar-refractivity contribution in [3.8, 4) is 0 Å². The Hall–Kier alpha value is -3.12. The molecule has 1 heterocycles. The summed E-state index contributed by atoms with van der Waals surface area (Å²) in [4.78, 5) is 27.5. The Bertz CT molecular complexity index is 1710. The zero-order valence-corrected chi connectivity index (χ0v) is 25.1. The van der Waals surface area contributed by atoms with E-state index in [1.807, 2.05) is 6.08 Å². The number of carbonyl (C=O) groups is 2. The van der Waals surface area contributed by atoms with E-state index in [0.29, 0.717) is 43.5 Å². The first-order valence-corrected chi connectivity index (χ1v) is 15.3. The molecule has 12 heteroatoms. The van der Waals surface area contributed by atoms with Crippen LogP contribution in [0, 0.1) is 17.7 Å². The fourth-order valence-electron chi connectivity index (χ4n) is 6.39. The second-order valence-electron chi connectivity index (χ2n) is 11.6. The molecule has 44 heavy (non-hydrogen) atoms. The number of amides is 1. The van der Waals surface area contributed by atoms with Crippen LogP contribution in [0.15, 0.2) is 48.5 Å². The molecule has 1 fully saturated rings. The number of halogens is 5. The molecule has 0 bridgehead atoms. The van der Waals surface area contributed by atoms with E-state index in [1.165, 1.54) is 36.4 Å².